The molecular weight excluding hydrogens is 544 g/mol. The number of carbonyl (C=O) groups is 1. The van der Waals surface area contributed by atoms with E-state index in [1.54, 1.807) is 19.3 Å². The van der Waals surface area contributed by atoms with Crippen LogP contribution >= 0.6 is 11.6 Å². The zero-order valence-electron chi connectivity index (χ0n) is 22.8. The van der Waals surface area contributed by atoms with Gasteiger partial charge in [-0.1, -0.05) is 11.6 Å². The maximum Gasteiger partial charge on any atom is 0.341 e. The maximum absolute atomic E-state index is 13.3. The van der Waals surface area contributed by atoms with Crippen molar-refractivity contribution < 1.29 is 9.90 Å². The number of likely N-dealkylation sites (tertiary alicyclic amines) is 1. The summed E-state index contributed by atoms with van der Waals surface area (Å²) in [6.45, 7) is 2.88. The fraction of sp³-hybridized carbons (Fsp3) is 0.310. The Morgan fingerprint density at radius 2 is 1.98 bits per heavy atom. The average molecular weight is 573 g/mol. The molecular formula is C29H29ClN8O3. The summed E-state index contributed by atoms with van der Waals surface area (Å²) >= 11 is 6.59. The molecule has 7 rings (SSSR count). The second kappa shape index (κ2) is 9.35. The molecule has 1 unspecified atom stereocenters. The van der Waals surface area contributed by atoms with Gasteiger partial charge in [0.05, 0.1) is 27.7 Å². The molecule has 6 heterocycles. The number of carboxylic acids is 1. The quantitative estimate of drug-likeness (QED) is 0.248. The topological polar surface area (TPSA) is 131 Å². The molecule has 2 atom stereocenters. The molecule has 0 saturated carbocycles. The third-order valence-corrected chi connectivity index (χ3v) is 8.80. The number of pyridine rings is 3. The van der Waals surface area contributed by atoms with Gasteiger partial charge in [-0.05, 0) is 37.6 Å². The first kappa shape index (κ1) is 25.6. The van der Waals surface area contributed by atoms with Crippen LogP contribution in [0, 0.1) is 5.92 Å². The van der Waals surface area contributed by atoms with E-state index in [1.807, 2.05) is 25.4 Å². The van der Waals surface area contributed by atoms with E-state index in [0.717, 1.165) is 64.9 Å². The molecule has 4 N–H and O–H groups in total. The monoisotopic (exact) mass is 572 g/mol. The summed E-state index contributed by atoms with van der Waals surface area (Å²) in [6, 6.07) is 5.90. The molecule has 210 valence electrons. The predicted molar refractivity (Wildman–Crippen MR) is 162 cm³/mol. The van der Waals surface area contributed by atoms with Crippen molar-refractivity contribution >= 4 is 61.9 Å². The van der Waals surface area contributed by atoms with E-state index in [4.69, 9.17) is 16.6 Å². The number of rotatable bonds is 5. The number of hydrogen-bond acceptors (Lipinski definition) is 8. The smallest absolute Gasteiger partial charge is 0.341 e. The summed E-state index contributed by atoms with van der Waals surface area (Å²) in [5.41, 5.74) is 7.38. The molecule has 2 aliphatic rings. The summed E-state index contributed by atoms with van der Waals surface area (Å²) in [5, 5.41) is 15.7. The number of aromatic amines is 1. The summed E-state index contributed by atoms with van der Waals surface area (Å²) in [7, 11) is 5.66. The lowest BCUT2D eigenvalue weighted by Crippen LogP contribution is -2.35. The van der Waals surface area contributed by atoms with Crippen LogP contribution in [0.2, 0.25) is 5.02 Å². The summed E-state index contributed by atoms with van der Waals surface area (Å²) in [6.07, 6.45) is 5.88. The first-order valence-electron chi connectivity index (χ1n) is 13.5. The SMILES string of the molecule is CNc1cc(Cl)cc2c1[nH]c1ncc(-c3cnc4c(c3)c(=O)c(C(=O)O)cn4NC)c(N3CC[C@H]4CN(C)CC43)c12. The van der Waals surface area contributed by atoms with Crippen molar-refractivity contribution in [2.45, 2.75) is 12.5 Å². The Morgan fingerprint density at radius 3 is 2.73 bits per heavy atom. The number of carboxylic acid groups (broad SMARTS) is 1. The van der Waals surface area contributed by atoms with Crippen LogP contribution < -0.4 is 21.1 Å². The highest BCUT2D eigenvalue weighted by molar-refractivity contribution is 6.33. The number of hydrogen-bond donors (Lipinski definition) is 4. The van der Waals surface area contributed by atoms with Crippen molar-refractivity contribution in [3.05, 3.63) is 57.6 Å². The van der Waals surface area contributed by atoms with Crippen LogP contribution in [0.5, 0.6) is 0 Å². The maximum atomic E-state index is 13.3. The number of likely N-dealkylation sites (N-methyl/N-ethyl adjacent to an activating group) is 1. The lowest BCUT2D eigenvalue weighted by atomic mass is 10.00. The van der Waals surface area contributed by atoms with Crippen molar-refractivity contribution in [3.63, 3.8) is 0 Å². The van der Waals surface area contributed by atoms with Gasteiger partial charge in [-0.15, -0.1) is 0 Å². The van der Waals surface area contributed by atoms with Crippen LogP contribution in [0.3, 0.4) is 0 Å². The molecule has 0 aliphatic carbocycles. The van der Waals surface area contributed by atoms with E-state index in [0.29, 0.717) is 28.2 Å². The Labute approximate surface area is 239 Å². The largest absolute Gasteiger partial charge is 0.477 e. The predicted octanol–water partition coefficient (Wildman–Crippen LogP) is 3.80. The Morgan fingerprint density at radius 1 is 1.15 bits per heavy atom. The Bertz CT molecular complexity index is 1950. The number of anilines is 2. The number of nitrogens with one attached hydrogen (secondary N) is 3. The molecule has 0 bridgehead atoms. The third-order valence-electron chi connectivity index (χ3n) is 8.58. The molecule has 2 fully saturated rings. The van der Waals surface area contributed by atoms with E-state index in [9.17, 15) is 14.7 Å². The molecule has 2 aliphatic heterocycles. The molecule has 1 aromatic carbocycles. The summed E-state index contributed by atoms with van der Waals surface area (Å²) in [4.78, 5) is 43.0. The average Bonchev–Trinajstić information content (AvgIpc) is 3.64. The molecule has 5 aromatic rings. The molecule has 4 aromatic heterocycles. The number of aromatic nitrogens is 4. The zero-order valence-corrected chi connectivity index (χ0v) is 23.6. The Balaban J connectivity index is 1.55. The summed E-state index contributed by atoms with van der Waals surface area (Å²) in [5.74, 6) is -0.743. The standard InChI is InChI=1S/C29H29ClN8O3/c1-31-21-8-16(30)7-17-23-25(37-5-4-14-11-36(3)13-22(14)37)19(10-33-27(23)35-24(17)21)15-6-18-26(39)20(29(40)41)12-38(32-2)28(18)34-9-15/h6-10,12,14,22,31-32H,4-5,11,13H2,1-3H3,(H,33,35)(H,40,41)/t14-,22?/m0/s1. The first-order chi connectivity index (χ1) is 19.8. The second-order valence-corrected chi connectivity index (χ2v) is 11.3. The van der Waals surface area contributed by atoms with Crippen LogP contribution in [-0.4, -0.2) is 82.4 Å². The lowest BCUT2D eigenvalue weighted by Gasteiger charge is -2.29. The van der Waals surface area contributed by atoms with Crippen molar-refractivity contribution in [3.8, 4) is 11.1 Å². The van der Waals surface area contributed by atoms with E-state index in [-0.39, 0.29) is 10.9 Å². The van der Waals surface area contributed by atoms with Crippen LogP contribution in [0.25, 0.3) is 44.1 Å². The van der Waals surface area contributed by atoms with E-state index in [2.05, 4.69) is 37.6 Å². The molecule has 0 radical (unpaired) electrons. The van der Waals surface area contributed by atoms with Crippen molar-refractivity contribution in [1.82, 2.24) is 24.5 Å². The molecule has 0 amide bonds. The van der Waals surface area contributed by atoms with Gasteiger partial charge >= 0.3 is 5.97 Å². The van der Waals surface area contributed by atoms with Gasteiger partial charge in [-0.25, -0.2) is 19.4 Å². The fourth-order valence-electron chi connectivity index (χ4n) is 6.75. The van der Waals surface area contributed by atoms with Crippen molar-refractivity contribution in [2.75, 3.05) is 56.4 Å². The highest BCUT2D eigenvalue weighted by Crippen LogP contribution is 2.46. The van der Waals surface area contributed by atoms with Gasteiger partial charge in [-0.3, -0.25) is 4.79 Å². The second-order valence-electron chi connectivity index (χ2n) is 10.9. The minimum Gasteiger partial charge on any atom is -0.477 e. The Hall–Kier alpha value is -4.35. The number of nitrogens with zero attached hydrogens (tertiary/aromatic N) is 5. The van der Waals surface area contributed by atoms with Crippen LogP contribution in [-0.2, 0) is 0 Å². The van der Waals surface area contributed by atoms with E-state index >= 15 is 0 Å². The number of H-pyrrole nitrogens is 1. The zero-order chi connectivity index (χ0) is 28.6. The molecule has 11 nitrogen and oxygen atoms in total. The first-order valence-corrected chi connectivity index (χ1v) is 13.9. The molecule has 2 saturated heterocycles. The van der Waals surface area contributed by atoms with Gasteiger partial charge in [0.15, 0.2) is 5.65 Å². The molecule has 41 heavy (non-hydrogen) atoms. The minimum absolute atomic E-state index is 0.210. The lowest BCUT2D eigenvalue weighted by molar-refractivity contribution is 0.0695. The minimum atomic E-state index is -1.29. The van der Waals surface area contributed by atoms with Gasteiger partial charge in [0.25, 0.3) is 0 Å². The van der Waals surface area contributed by atoms with Gasteiger partial charge in [-0.2, -0.15) is 0 Å². The number of halogens is 1. The Kier molecular flexibility index (Phi) is 5.84. The van der Waals surface area contributed by atoms with Gasteiger partial charge in [0.1, 0.15) is 11.2 Å². The third kappa shape index (κ3) is 3.83. The highest BCUT2D eigenvalue weighted by Gasteiger charge is 2.41. The molecule has 0 spiro atoms. The normalized spacial score (nSPS) is 19.0. The van der Waals surface area contributed by atoms with Crippen LogP contribution in [0.1, 0.15) is 16.8 Å². The fourth-order valence-corrected chi connectivity index (χ4v) is 6.96. The van der Waals surface area contributed by atoms with Gasteiger partial charge in [0.2, 0.25) is 5.43 Å². The number of benzene rings is 1. The van der Waals surface area contributed by atoms with Crippen molar-refractivity contribution in [2.24, 2.45) is 5.92 Å². The van der Waals surface area contributed by atoms with Crippen molar-refractivity contribution in [1.29, 1.82) is 0 Å². The van der Waals surface area contributed by atoms with E-state index in [1.165, 1.54) is 10.9 Å². The number of fused-ring (bicyclic) bond motifs is 5. The number of aromatic carboxylic acids is 1. The molecule has 12 heteroatoms. The van der Waals surface area contributed by atoms with Crippen LogP contribution in [0.15, 0.2) is 41.6 Å². The summed E-state index contributed by atoms with van der Waals surface area (Å²) < 4.78 is 1.45. The van der Waals surface area contributed by atoms with Gasteiger partial charge in [0, 0.05) is 79.9 Å². The highest BCUT2D eigenvalue weighted by atomic mass is 35.5. The van der Waals surface area contributed by atoms with E-state index < -0.39 is 11.4 Å². The van der Waals surface area contributed by atoms with Gasteiger partial charge < -0.3 is 30.6 Å². The van der Waals surface area contributed by atoms with Crippen LogP contribution in [0.4, 0.5) is 11.4 Å².